The molecule has 0 atom stereocenters. The van der Waals surface area contributed by atoms with Crippen molar-refractivity contribution in [3.05, 3.63) is 57.6 Å². The Morgan fingerprint density at radius 2 is 0.929 bits per heavy atom. The molecular formula is C26H36O2. The van der Waals surface area contributed by atoms with Crippen LogP contribution in [0.15, 0.2) is 24.3 Å². The van der Waals surface area contributed by atoms with E-state index >= 15 is 0 Å². The minimum Gasteiger partial charge on any atom is -0.496 e. The van der Waals surface area contributed by atoms with Crippen LogP contribution < -0.4 is 9.47 Å². The molecule has 0 radical (unpaired) electrons. The van der Waals surface area contributed by atoms with Gasteiger partial charge in [-0.25, -0.2) is 0 Å². The molecule has 2 nitrogen and oxygen atoms in total. The molecule has 0 bridgehead atoms. The topological polar surface area (TPSA) is 18.5 Å². The number of hydrogen-bond acceptors (Lipinski definition) is 2. The van der Waals surface area contributed by atoms with Crippen molar-refractivity contribution in [2.75, 3.05) is 14.2 Å². The summed E-state index contributed by atoms with van der Waals surface area (Å²) in [5, 5.41) is 0. The molecule has 0 spiro atoms. The second-order valence-electron chi connectivity index (χ2n) is 9.66. The van der Waals surface area contributed by atoms with Gasteiger partial charge in [-0.3, -0.25) is 0 Å². The van der Waals surface area contributed by atoms with Crippen molar-refractivity contribution in [3.8, 4) is 11.5 Å². The van der Waals surface area contributed by atoms with Crippen molar-refractivity contribution in [2.24, 2.45) is 0 Å². The third kappa shape index (κ3) is 4.79. The average molecular weight is 381 g/mol. The zero-order chi connectivity index (χ0) is 21.3. The number of benzene rings is 2. The fourth-order valence-electron chi connectivity index (χ4n) is 3.45. The van der Waals surface area contributed by atoms with Gasteiger partial charge in [-0.15, -0.1) is 0 Å². The van der Waals surface area contributed by atoms with Crippen LogP contribution in [-0.4, -0.2) is 14.2 Å². The van der Waals surface area contributed by atoms with Gasteiger partial charge >= 0.3 is 0 Å². The Labute approximate surface area is 171 Å². The van der Waals surface area contributed by atoms with Crippen LogP contribution in [0.3, 0.4) is 0 Å². The first-order valence-electron chi connectivity index (χ1n) is 9.94. The fourth-order valence-corrected chi connectivity index (χ4v) is 3.45. The van der Waals surface area contributed by atoms with E-state index in [0.29, 0.717) is 0 Å². The molecule has 0 unspecified atom stereocenters. The lowest BCUT2D eigenvalue weighted by molar-refractivity contribution is 0.409. The van der Waals surface area contributed by atoms with E-state index in [4.69, 9.17) is 9.47 Å². The summed E-state index contributed by atoms with van der Waals surface area (Å²) in [5.74, 6) is 1.85. The van der Waals surface area contributed by atoms with Gasteiger partial charge in [0.15, 0.2) is 0 Å². The lowest BCUT2D eigenvalue weighted by atomic mass is 9.84. The van der Waals surface area contributed by atoms with E-state index in [0.717, 1.165) is 33.8 Å². The summed E-state index contributed by atoms with van der Waals surface area (Å²) in [7, 11) is 3.47. The van der Waals surface area contributed by atoms with Crippen LogP contribution in [0.4, 0.5) is 0 Å². The number of methoxy groups -OCH3 is 2. The van der Waals surface area contributed by atoms with Crippen molar-refractivity contribution in [1.29, 1.82) is 0 Å². The third-order valence-electron chi connectivity index (χ3n) is 5.19. The zero-order valence-electron chi connectivity index (χ0n) is 19.3. The number of ether oxygens (including phenoxy) is 2. The van der Waals surface area contributed by atoms with Crippen molar-refractivity contribution in [2.45, 2.75) is 66.2 Å². The van der Waals surface area contributed by atoms with E-state index < -0.39 is 0 Å². The molecule has 2 aromatic carbocycles. The smallest absolute Gasteiger partial charge is 0.128 e. The maximum absolute atomic E-state index is 5.71. The van der Waals surface area contributed by atoms with Crippen molar-refractivity contribution < 1.29 is 9.47 Å². The molecule has 0 aliphatic heterocycles. The largest absolute Gasteiger partial charge is 0.496 e. The Kier molecular flexibility index (Phi) is 6.33. The molecule has 0 amide bonds. The highest BCUT2D eigenvalue weighted by Gasteiger charge is 2.19. The molecule has 0 fully saturated rings. The second kappa shape index (κ2) is 8.03. The minimum absolute atomic E-state index is 0.0834. The number of hydrogen-bond donors (Lipinski definition) is 0. The van der Waals surface area contributed by atoms with Crippen LogP contribution in [0.5, 0.6) is 11.5 Å². The highest BCUT2D eigenvalue weighted by molar-refractivity contribution is 5.77. The lowest BCUT2D eigenvalue weighted by Gasteiger charge is -2.23. The van der Waals surface area contributed by atoms with Crippen LogP contribution in [0.1, 0.15) is 74.9 Å². The first-order chi connectivity index (χ1) is 12.9. The molecule has 2 rings (SSSR count). The molecule has 0 saturated carbocycles. The predicted octanol–water partition coefficient (Wildman–Crippen LogP) is 7.09. The first-order valence-corrected chi connectivity index (χ1v) is 9.94. The van der Waals surface area contributed by atoms with Crippen LogP contribution in [0, 0.1) is 13.8 Å². The van der Waals surface area contributed by atoms with Crippen molar-refractivity contribution in [1.82, 2.24) is 0 Å². The standard InChI is InChI=1S/C26H36O2/c1-17-13-21(25(3,4)5)15-19(23(17)27-9)11-12-20-16-22(26(6,7)8)14-18(2)24(20)28-10/h11-16H,1-10H3/b12-11-. The van der Waals surface area contributed by atoms with Gasteiger partial charge < -0.3 is 9.47 Å². The highest BCUT2D eigenvalue weighted by atomic mass is 16.5. The van der Waals surface area contributed by atoms with E-state index in [-0.39, 0.29) is 10.8 Å². The molecule has 0 aromatic heterocycles. The van der Waals surface area contributed by atoms with Gasteiger partial charge in [-0.1, -0.05) is 65.8 Å². The Hall–Kier alpha value is -2.22. The van der Waals surface area contributed by atoms with Crippen LogP contribution in [-0.2, 0) is 10.8 Å². The summed E-state index contributed by atoms with van der Waals surface area (Å²) >= 11 is 0. The Morgan fingerprint density at radius 3 is 1.18 bits per heavy atom. The van der Waals surface area contributed by atoms with Gasteiger partial charge in [-0.2, -0.15) is 0 Å². The Morgan fingerprint density at radius 1 is 0.607 bits per heavy atom. The summed E-state index contributed by atoms with van der Waals surface area (Å²) in [6, 6.07) is 8.91. The molecular weight excluding hydrogens is 344 g/mol. The first kappa shape index (κ1) is 22.1. The minimum atomic E-state index is 0.0834. The Bertz CT molecular complexity index is 801. The molecule has 0 saturated heterocycles. The van der Waals surface area contributed by atoms with E-state index in [1.165, 1.54) is 11.1 Å². The van der Waals surface area contributed by atoms with Crippen LogP contribution >= 0.6 is 0 Å². The monoisotopic (exact) mass is 380 g/mol. The molecule has 0 aliphatic rings. The molecule has 152 valence electrons. The SMILES string of the molecule is COc1c(C)cc(C(C)(C)C)cc1/C=C\c1cc(C(C)(C)C)cc(C)c1OC. The summed E-state index contributed by atoms with van der Waals surface area (Å²) in [4.78, 5) is 0. The van der Waals surface area contributed by atoms with Crippen molar-refractivity contribution >= 4 is 12.2 Å². The van der Waals surface area contributed by atoms with Gasteiger partial charge in [0.25, 0.3) is 0 Å². The fraction of sp³-hybridized carbons (Fsp3) is 0.462. The normalized spacial score (nSPS) is 12.5. The molecule has 0 N–H and O–H groups in total. The van der Waals surface area contributed by atoms with E-state index in [2.05, 4.69) is 91.8 Å². The lowest BCUT2D eigenvalue weighted by Crippen LogP contribution is -2.12. The maximum atomic E-state index is 5.71. The molecule has 0 heterocycles. The van der Waals surface area contributed by atoms with E-state index in [1.807, 2.05) is 0 Å². The number of rotatable bonds is 4. The van der Waals surface area contributed by atoms with Gasteiger partial charge in [0, 0.05) is 11.1 Å². The zero-order valence-corrected chi connectivity index (χ0v) is 19.3. The third-order valence-corrected chi connectivity index (χ3v) is 5.19. The predicted molar refractivity (Wildman–Crippen MR) is 122 cm³/mol. The summed E-state index contributed by atoms with van der Waals surface area (Å²) in [6.07, 6.45) is 4.29. The molecule has 2 heteroatoms. The summed E-state index contributed by atoms with van der Waals surface area (Å²) < 4.78 is 11.4. The summed E-state index contributed by atoms with van der Waals surface area (Å²) in [5.41, 5.74) is 7.26. The Balaban J connectivity index is 2.62. The number of aryl methyl sites for hydroxylation is 2. The highest BCUT2D eigenvalue weighted by Crippen LogP contribution is 2.35. The average Bonchev–Trinajstić information content (AvgIpc) is 2.57. The summed E-state index contributed by atoms with van der Waals surface area (Å²) in [6.45, 7) is 17.6. The van der Waals surface area contributed by atoms with Crippen LogP contribution in [0.25, 0.3) is 12.2 Å². The maximum Gasteiger partial charge on any atom is 0.128 e. The molecule has 0 aliphatic carbocycles. The van der Waals surface area contributed by atoms with Crippen LogP contribution in [0.2, 0.25) is 0 Å². The van der Waals surface area contributed by atoms with Crippen molar-refractivity contribution in [3.63, 3.8) is 0 Å². The second-order valence-corrected chi connectivity index (χ2v) is 9.66. The van der Waals surface area contributed by atoms with E-state index in [1.54, 1.807) is 14.2 Å². The van der Waals surface area contributed by atoms with Gasteiger partial charge in [-0.05, 0) is 59.1 Å². The van der Waals surface area contributed by atoms with Gasteiger partial charge in [0.05, 0.1) is 14.2 Å². The van der Waals surface area contributed by atoms with Gasteiger partial charge in [0.1, 0.15) is 11.5 Å². The quantitative estimate of drug-likeness (QED) is 0.527. The van der Waals surface area contributed by atoms with Gasteiger partial charge in [0.2, 0.25) is 0 Å². The molecule has 2 aromatic rings. The molecule has 28 heavy (non-hydrogen) atoms. The van der Waals surface area contributed by atoms with E-state index in [9.17, 15) is 0 Å².